The van der Waals surface area contributed by atoms with Crippen LogP contribution in [0, 0.1) is 23.7 Å². The van der Waals surface area contributed by atoms with Gasteiger partial charge in [-0.25, -0.2) is 9.59 Å². The molecule has 2 aliphatic carbocycles. The first kappa shape index (κ1) is 61.2. The Morgan fingerprint density at radius 1 is 0.405 bits per heavy atom. The Bertz CT molecular complexity index is 3230. The number of esters is 6. The summed E-state index contributed by atoms with van der Waals surface area (Å²) in [4.78, 5) is 76.4. The van der Waals surface area contributed by atoms with Crippen LogP contribution in [-0.4, -0.2) is 74.7 Å². The van der Waals surface area contributed by atoms with E-state index in [9.17, 15) is 28.8 Å². The fourth-order valence-electron chi connectivity index (χ4n) is 10.2. The quantitative estimate of drug-likeness (QED) is 0.00816. The third-order valence-corrected chi connectivity index (χ3v) is 15.0. The molecule has 84 heavy (non-hydrogen) atoms. The molecule has 6 aromatic carbocycles. The van der Waals surface area contributed by atoms with Gasteiger partial charge < -0.3 is 37.9 Å². The topological polar surface area (TPSA) is 201 Å². The highest BCUT2D eigenvalue weighted by Gasteiger charge is 2.34. The first-order chi connectivity index (χ1) is 41.0. The molecule has 0 bridgehead atoms. The van der Waals surface area contributed by atoms with Crippen LogP contribution in [0.1, 0.15) is 114 Å². The van der Waals surface area contributed by atoms with Gasteiger partial charge in [-0.05, 0) is 197 Å². The van der Waals surface area contributed by atoms with Crippen LogP contribution in [0.5, 0.6) is 34.5 Å². The summed E-state index contributed by atoms with van der Waals surface area (Å²) in [6.45, 7) is 8.57. The van der Waals surface area contributed by atoms with Gasteiger partial charge in [0.25, 0.3) is 0 Å². The van der Waals surface area contributed by atoms with Crippen LogP contribution >= 0.6 is 0 Å². The van der Waals surface area contributed by atoms with Crippen molar-refractivity contribution in [2.45, 2.75) is 103 Å². The van der Waals surface area contributed by atoms with Gasteiger partial charge in [-0.15, -0.1) is 0 Å². The van der Waals surface area contributed by atoms with Crippen LogP contribution in [0.25, 0.3) is 21.5 Å². The molecule has 0 saturated heterocycles. The third kappa shape index (κ3) is 18.5. The van der Waals surface area contributed by atoms with Gasteiger partial charge in [-0.1, -0.05) is 61.7 Å². The number of rotatable bonds is 29. The molecular weight excluding hydrogens is 1070 g/mol. The van der Waals surface area contributed by atoms with Crippen LogP contribution in [0.2, 0.25) is 0 Å². The van der Waals surface area contributed by atoms with Gasteiger partial charge >= 0.3 is 35.8 Å². The molecule has 2 saturated carbocycles. The Labute approximate surface area is 489 Å². The lowest BCUT2D eigenvalue weighted by molar-refractivity contribution is -0.145. The maximum Gasteiger partial charge on any atom is 0.330 e. The van der Waals surface area contributed by atoms with E-state index in [-0.39, 0.29) is 29.4 Å². The summed E-state index contributed by atoms with van der Waals surface area (Å²) >= 11 is 0. The van der Waals surface area contributed by atoms with E-state index >= 15 is 0 Å². The van der Waals surface area contributed by atoms with E-state index in [4.69, 9.17) is 37.9 Å². The number of hydrogen-bond donors (Lipinski definition) is 0. The van der Waals surface area contributed by atoms with Crippen molar-refractivity contribution in [2.24, 2.45) is 33.9 Å². The standard InChI is InChI=1S/C68H72N2O14/c1-3-63(71)79-41-15-7-5-13-39-77-54-29-33-56(34-30-54)81-65(73)47-21-23-49(24-22-47)67(75)83-58-37-38-62(53(44-58)45-69-70-46-61-59-19-11-9-17-51(59)43-52-18-10-12-20-60(52)61)84-68(76)50-27-25-48(26-28-50)66(74)82-57-35-31-55(32-36-57)78-40-14-6-8-16-42-80-64(72)4-2/h3-4,9-12,17-20,29-38,43-50H,1-2,5-8,13-16,21-28,39-42H2/b69-45+,70-46+. The van der Waals surface area contributed by atoms with Gasteiger partial charge in [0.05, 0.1) is 62.5 Å². The zero-order chi connectivity index (χ0) is 58.9. The molecule has 438 valence electrons. The average molecular weight is 1140 g/mol. The van der Waals surface area contributed by atoms with Crippen molar-refractivity contribution in [2.75, 3.05) is 26.4 Å². The van der Waals surface area contributed by atoms with E-state index in [0.717, 1.165) is 90.6 Å². The van der Waals surface area contributed by atoms with Crippen LogP contribution in [-0.2, 0) is 38.2 Å². The molecule has 0 spiro atoms. The van der Waals surface area contributed by atoms with Gasteiger partial charge in [-0.2, -0.15) is 10.2 Å². The fraction of sp³-hybridized carbons (Fsp3) is 0.353. The Balaban J connectivity index is 0.828. The second kappa shape index (κ2) is 32.1. The van der Waals surface area contributed by atoms with Crippen molar-refractivity contribution in [3.05, 3.63) is 158 Å². The molecule has 0 N–H and O–H groups in total. The molecule has 0 radical (unpaired) electrons. The smallest absolute Gasteiger partial charge is 0.330 e. The van der Waals surface area contributed by atoms with E-state index in [1.807, 2.05) is 36.4 Å². The average Bonchev–Trinajstić information content (AvgIpc) is 2.27. The molecule has 8 rings (SSSR count). The Morgan fingerprint density at radius 2 is 0.774 bits per heavy atom. The number of fused-ring (bicyclic) bond motifs is 2. The molecule has 0 atom stereocenters. The lowest BCUT2D eigenvalue weighted by Gasteiger charge is -2.26. The number of carbonyl (C=O) groups excluding carboxylic acids is 6. The first-order valence-corrected chi connectivity index (χ1v) is 29.1. The number of hydrogen-bond acceptors (Lipinski definition) is 16. The second-order valence-corrected chi connectivity index (χ2v) is 20.9. The minimum atomic E-state index is -0.477. The number of carbonyl (C=O) groups is 6. The number of benzene rings is 6. The zero-order valence-corrected chi connectivity index (χ0v) is 47.3. The van der Waals surface area contributed by atoms with E-state index in [1.54, 1.807) is 72.9 Å². The summed E-state index contributed by atoms with van der Waals surface area (Å²) in [7, 11) is 0. The zero-order valence-electron chi connectivity index (χ0n) is 47.3. The van der Waals surface area contributed by atoms with Crippen molar-refractivity contribution >= 4 is 69.8 Å². The van der Waals surface area contributed by atoms with Crippen molar-refractivity contribution in [1.82, 2.24) is 0 Å². The van der Waals surface area contributed by atoms with Crippen LogP contribution in [0.15, 0.2) is 157 Å². The molecule has 0 heterocycles. The second-order valence-electron chi connectivity index (χ2n) is 20.9. The van der Waals surface area contributed by atoms with Gasteiger partial charge in [0.15, 0.2) is 0 Å². The highest BCUT2D eigenvalue weighted by molar-refractivity contribution is 6.13. The molecule has 0 aliphatic heterocycles. The Kier molecular flexibility index (Phi) is 23.3. The minimum Gasteiger partial charge on any atom is -0.494 e. The van der Waals surface area contributed by atoms with Crippen LogP contribution < -0.4 is 28.4 Å². The van der Waals surface area contributed by atoms with E-state index in [1.165, 1.54) is 6.21 Å². The lowest BCUT2D eigenvalue weighted by atomic mass is 9.82. The maximum absolute atomic E-state index is 13.8. The van der Waals surface area contributed by atoms with Crippen molar-refractivity contribution in [3.63, 3.8) is 0 Å². The molecule has 0 unspecified atom stereocenters. The lowest BCUT2D eigenvalue weighted by Crippen LogP contribution is -2.30. The van der Waals surface area contributed by atoms with Gasteiger partial charge in [0, 0.05) is 23.3 Å². The highest BCUT2D eigenvalue weighted by Crippen LogP contribution is 2.35. The number of unbranched alkanes of at least 4 members (excludes halogenated alkanes) is 6. The molecule has 16 nitrogen and oxygen atoms in total. The normalized spacial score (nSPS) is 16.8. The number of nitrogens with zero attached hydrogens (tertiary/aromatic N) is 2. The summed E-state index contributed by atoms with van der Waals surface area (Å²) in [5.74, 6) is -1.61. The number of ether oxygens (including phenoxy) is 8. The molecule has 6 aromatic rings. The summed E-state index contributed by atoms with van der Waals surface area (Å²) in [6, 6.07) is 36.8. The minimum absolute atomic E-state index is 0.197. The van der Waals surface area contributed by atoms with E-state index < -0.39 is 41.6 Å². The van der Waals surface area contributed by atoms with Gasteiger partial charge in [-0.3, -0.25) is 19.2 Å². The molecule has 2 aliphatic rings. The van der Waals surface area contributed by atoms with Crippen molar-refractivity contribution in [3.8, 4) is 34.5 Å². The fourth-order valence-corrected chi connectivity index (χ4v) is 10.2. The predicted octanol–water partition coefficient (Wildman–Crippen LogP) is 13.4. The summed E-state index contributed by atoms with van der Waals surface area (Å²) in [6.07, 6.45) is 15.9. The predicted molar refractivity (Wildman–Crippen MR) is 320 cm³/mol. The molecule has 2 fully saturated rings. The third-order valence-electron chi connectivity index (χ3n) is 15.0. The Hall–Kier alpha value is -8.92. The molecule has 0 aromatic heterocycles. The summed E-state index contributed by atoms with van der Waals surface area (Å²) in [5, 5.41) is 13.0. The van der Waals surface area contributed by atoms with Gasteiger partial charge in [0.1, 0.15) is 34.5 Å². The van der Waals surface area contributed by atoms with Crippen molar-refractivity contribution in [1.29, 1.82) is 0 Å². The summed E-state index contributed by atoms with van der Waals surface area (Å²) in [5.41, 5.74) is 1.25. The maximum atomic E-state index is 13.8. The SMILES string of the molecule is C=CC(=O)OCCCCCCOc1ccc(OC(=O)C2CCC(C(=O)Oc3ccc(OC(=O)C4CCC(C(=O)Oc5ccc(OCCCCCCOC(=O)C=C)cc5)CC4)c(/C=N/N=C/c4c5ccccc5cc5ccccc45)c3)CC2)cc1. The van der Waals surface area contributed by atoms with E-state index in [2.05, 4.69) is 41.6 Å². The van der Waals surface area contributed by atoms with Crippen LogP contribution in [0.4, 0.5) is 0 Å². The molecule has 16 heteroatoms. The van der Waals surface area contributed by atoms with Crippen molar-refractivity contribution < 1.29 is 66.7 Å². The largest absolute Gasteiger partial charge is 0.494 e. The molecular formula is C68H72N2O14. The first-order valence-electron chi connectivity index (χ1n) is 29.1. The summed E-state index contributed by atoms with van der Waals surface area (Å²) < 4.78 is 45.1. The van der Waals surface area contributed by atoms with E-state index in [0.29, 0.717) is 106 Å². The molecule has 0 amide bonds. The van der Waals surface area contributed by atoms with Gasteiger partial charge in [0.2, 0.25) is 0 Å². The Morgan fingerprint density at radius 3 is 1.21 bits per heavy atom. The van der Waals surface area contributed by atoms with Crippen LogP contribution in [0.3, 0.4) is 0 Å². The highest BCUT2D eigenvalue weighted by atomic mass is 16.6. The monoisotopic (exact) mass is 1140 g/mol.